The zero-order valence-corrected chi connectivity index (χ0v) is 13.4. The first-order chi connectivity index (χ1) is 10.5. The first-order valence-electron chi connectivity index (χ1n) is 7.51. The van der Waals surface area contributed by atoms with E-state index in [2.05, 4.69) is 4.72 Å². The number of fused-ring (bicyclic) bond motifs is 1. The lowest BCUT2D eigenvalue weighted by atomic mass is 10.1. The Hall–Kier alpha value is -1.76. The van der Waals surface area contributed by atoms with Crippen molar-refractivity contribution in [3.8, 4) is 5.75 Å². The summed E-state index contributed by atoms with van der Waals surface area (Å²) in [5, 5.41) is 0. The number of anilines is 1. The second-order valence-corrected chi connectivity index (χ2v) is 7.85. The Bertz CT molecular complexity index is 683. The fourth-order valence-electron chi connectivity index (χ4n) is 2.46. The Balaban J connectivity index is 1.82. The van der Waals surface area contributed by atoms with E-state index in [0.717, 1.165) is 12.1 Å². The minimum atomic E-state index is -3.31. The Kier molecular flexibility index (Phi) is 3.99. The fraction of sp³-hybridized carbons (Fsp3) is 0.533. The monoisotopic (exact) mass is 324 g/mol. The van der Waals surface area contributed by atoms with Gasteiger partial charge in [0.25, 0.3) is 5.91 Å². The number of rotatable bonds is 5. The molecule has 1 fully saturated rings. The molecule has 2 aliphatic rings. The minimum absolute atomic E-state index is 0.0150. The molecule has 0 atom stereocenters. The first kappa shape index (κ1) is 15.1. The van der Waals surface area contributed by atoms with E-state index in [-0.39, 0.29) is 18.3 Å². The van der Waals surface area contributed by atoms with Crippen LogP contribution in [-0.2, 0) is 21.4 Å². The third-order valence-electron chi connectivity index (χ3n) is 3.95. The topological polar surface area (TPSA) is 75.7 Å². The van der Waals surface area contributed by atoms with E-state index < -0.39 is 10.0 Å². The van der Waals surface area contributed by atoms with E-state index in [4.69, 9.17) is 4.74 Å². The highest BCUT2D eigenvalue weighted by molar-refractivity contribution is 7.92. The summed E-state index contributed by atoms with van der Waals surface area (Å²) in [4.78, 5) is 13.9. The van der Waals surface area contributed by atoms with Crippen molar-refractivity contribution in [3.63, 3.8) is 0 Å². The van der Waals surface area contributed by atoms with E-state index in [9.17, 15) is 13.2 Å². The molecule has 1 amide bonds. The zero-order valence-electron chi connectivity index (χ0n) is 12.5. The Labute approximate surface area is 130 Å². The van der Waals surface area contributed by atoms with E-state index in [1.54, 1.807) is 25.1 Å². The number of hydrogen-bond donors (Lipinski definition) is 1. The number of amides is 1. The van der Waals surface area contributed by atoms with E-state index in [1.165, 1.54) is 12.8 Å². The molecule has 0 saturated heterocycles. The summed E-state index contributed by atoms with van der Waals surface area (Å²) in [5.41, 5.74) is 1.34. The van der Waals surface area contributed by atoms with E-state index >= 15 is 0 Å². The summed E-state index contributed by atoms with van der Waals surface area (Å²) in [6.07, 6.45) is 2.35. The number of carbonyl (C=O) groups excluding carboxylic acids is 1. The van der Waals surface area contributed by atoms with Crippen LogP contribution in [0.3, 0.4) is 0 Å². The van der Waals surface area contributed by atoms with Crippen molar-refractivity contribution in [2.24, 2.45) is 5.92 Å². The molecule has 1 aromatic carbocycles. The Morgan fingerprint density at radius 1 is 1.36 bits per heavy atom. The van der Waals surface area contributed by atoms with Crippen molar-refractivity contribution in [2.45, 2.75) is 26.3 Å². The molecule has 0 spiro atoms. The van der Waals surface area contributed by atoms with Gasteiger partial charge in [-0.05, 0) is 43.9 Å². The van der Waals surface area contributed by atoms with Gasteiger partial charge in [0.2, 0.25) is 10.0 Å². The van der Waals surface area contributed by atoms with Crippen LogP contribution in [0.4, 0.5) is 5.69 Å². The average molecular weight is 324 g/mol. The van der Waals surface area contributed by atoms with Gasteiger partial charge in [-0.1, -0.05) is 0 Å². The van der Waals surface area contributed by atoms with Crippen molar-refractivity contribution in [2.75, 3.05) is 23.6 Å². The fourth-order valence-corrected chi connectivity index (χ4v) is 3.09. The normalized spacial score (nSPS) is 18.4. The van der Waals surface area contributed by atoms with Crippen molar-refractivity contribution in [1.82, 2.24) is 4.90 Å². The van der Waals surface area contributed by atoms with Crippen LogP contribution in [0, 0.1) is 5.92 Å². The van der Waals surface area contributed by atoms with Gasteiger partial charge in [-0.3, -0.25) is 9.52 Å². The molecule has 0 bridgehead atoms. The Morgan fingerprint density at radius 2 is 2.14 bits per heavy atom. The molecule has 1 heterocycles. The van der Waals surface area contributed by atoms with Crippen LogP contribution >= 0.6 is 0 Å². The highest BCUT2D eigenvalue weighted by Gasteiger charge is 2.29. The molecule has 0 unspecified atom stereocenters. The minimum Gasteiger partial charge on any atom is -0.483 e. The van der Waals surface area contributed by atoms with Gasteiger partial charge in [0.05, 0.1) is 5.75 Å². The van der Waals surface area contributed by atoms with Crippen molar-refractivity contribution < 1.29 is 17.9 Å². The second-order valence-electron chi connectivity index (χ2n) is 5.83. The van der Waals surface area contributed by atoms with Gasteiger partial charge in [-0.2, -0.15) is 0 Å². The summed E-state index contributed by atoms with van der Waals surface area (Å²) in [5.74, 6) is 1.25. The smallest absolute Gasteiger partial charge is 0.260 e. The number of hydrogen-bond acceptors (Lipinski definition) is 4. The third kappa shape index (κ3) is 3.52. The van der Waals surface area contributed by atoms with Crippen LogP contribution in [0.2, 0.25) is 0 Å². The number of sulfonamides is 1. The standard InChI is InChI=1S/C15H20N2O4S/c1-2-22(19,20)16-13-5-6-14-12(7-13)9-17(8-11-3-4-11)15(18)10-21-14/h5-7,11,16H,2-4,8-10H2,1H3. The molecule has 1 N–H and O–H groups in total. The van der Waals surface area contributed by atoms with Crippen LogP contribution in [-0.4, -0.2) is 38.1 Å². The Morgan fingerprint density at radius 3 is 2.82 bits per heavy atom. The highest BCUT2D eigenvalue weighted by Crippen LogP contribution is 2.32. The quantitative estimate of drug-likeness (QED) is 0.892. The number of nitrogens with zero attached hydrogens (tertiary/aromatic N) is 1. The number of carbonyl (C=O) groups is 1. The van der Waals surface area contributed by atoms with Gasteiger partial charge in [0.15, 0.2) is 6.61 Å². The van der Waals surface area contributed by atoms with Crippen molar-refractivity contribution >= 4 is 21.6 Å². The maximum Gasteiger partial charge on any atom is 0.260 e. The lowest BCUT2D eigenvalue weighted by Crippen LogP contribution is -2.34. The molecular formula is C15H20N2O4S. The molecule has 0 aromatic heterocycles. The maximum atomic E-state index is 12.1. The van der Waals surface area contributed by atoms with Gasteiger partial charge in [-0.15, -0.1) is 0 Å². The largest absolute Gasteiger partial charge is 0.483 e. The third-order valence-corrected chi connectivity index (χ3v) is 5.26. The van der Waals surface area contributed by atoms with Crippen molar-refractivity contribution in [3.05, 3.63) is 23.8 Å². The van der Waals surface area contributed by atoms with Gasteiger partial charge in [0, 0.05) is 24.3 Å². The molecule has 0 radical (unpaired) electrons. The maximum absolute atomic E-state index is 12.1. The van der Waals surface area contributed by atoms with Gasteiger partial charge in [-0.25, -0.2) is 8.42 Å². The summed E-state index contributed by atoms with van der Waals surface area (Å²) in [6.45, 7) is 2.85. The van der Waals surface area contributed by atoms with Crippen LogP contribution in [0.25, 0.3) is 0 Å². The number of benzene rings is 1. The molecule has 6 nitrogen and oxygen atoms in total. The van der Waals surface area contributed by atoms with E-state index in [1.807, 2.05) is 4.90 Å². The molecular weight excluding hydrogens is 304 g/mol. The van der Waals surface area contributed by atoms with Crippen LogP contribution in [0.15, 0.2) is 18.2 Å². The van der Waals surface area contributed by atoms with Gasteiger partial charge in [0.1, 0.15) is 5.75 Å². The molecule has 7 heteroatoms. The second kappa shape index (κ2) is 5.79. The molecule has 1 aromatic rings. The van der Waals surface area contributed by atoms with Gasteiger partial charge >= 0.3 is 0 Å². The summed E-state index contributed by atoms with van der Waals surface area (Å²) >= 11 is 0. The summed E-state index contributed by atoms with van der Waals surface area (Å²) < 4.78 is 31.4. The predicted octanol–water partition coefficient (Wildman–Crippen LogP) is 1.58. The lowest BCUT2D eigenvalue weighted by Gasteiger charge is -2.19. The van der Waals surface area contributed by atoms with Gasteiger partial charge < -0.3 is 9.64 Å². The number of nitrogens with one attached hydrogen (secondary N) is 1. The SMILES string of the molecule is CCS(=O)(=O)Nc1ccc2c(c1)CN(CC1CC1)C(=O)CO2. The van der Waals surface area contributed by atoms with Crippen LogP contribution in [0.1, 0.15) is 25.3 Å². The van der Waals surface area contributed by atoms with E-state index in [0.29, 0.717) is 23.9 Å². The molecule has 1 aliphatic heterocycles. The molecule has 3 rings (SSSR count). The molecule has 120 valence electrons. The van der Waals surface area contributed by atoms with Crippen LogP contribution < -0.4 is 9.46 Å². The lowest BCUT2D eigenvalue weighted by molar-refractivity contribution is -0.133. The summed E-state index contributed by atoms with van der Waals surface area (Å²) in [6, 6.07) is 5.13. The average Bonchev–Trinajstić information content (AvgIpc) is 3.29. The summed E-state index contributed by atoms with van der Waals surface area (Å²) in [7, 11) is -3.31. The van der Waals surface area contributed by atoms with Crippen LogP contribution in [0.5, 0.6) is 5.75 Å². The number of ether oxygens (including phenoxy) is 1. The molecule has 1 aliphatic carbocycles. The molecule has 1 saturated carbocycles. The highest BCUT2D eigenvalue weighted by atomic mass is 32.2. The molecule has 22 heavy (non-hydrogen) atoms. The predicted molar refractivity (Wildman–Crippen MR) is 83.2 cm³/mol. The van der Waals surface area contributed by atoms with Crippen molar-refractivity contribution in [1.29, 1.82) is 0 Å². The zero-order chi connectivity index (χ0) is 15.7. The first-order valence-corrected chi connectivity index (χ1v) is 9.16.